The molecule has 5 heteroatoms. The topological polar surface area (TPSA) is 16.1 Å². The van der Waals surface area contributed by atoms with E-state index in [1.165, 1.54) is 11.6 Å². The van der Waals surface area contributed by atoms with E-state index < -0.39 is 11.9 Å². The second kappa shape index (κ2) is 4.25. The second-order valence-electron chi connectivity index (χ2n) is 5.35. The highest BCUT2D eigenvalue weighted by atomic mass is 19.4. The molecular weight excluding hydrogens is 253 g/mol. The molecule has 0 aromatic carbocycles. The summed E-state index contributed by atoms with van der Waals surface area (Å²) in [5.41, 5.74) is 0.417. The molecule has 1 aromatic rings. The first-order valence-corrected chi connectivity index (χ1v) is 6.42. The van der Waals surface area contributed by atoms with E-state index in [0.717, 1.165) is 32.0 Å². The van der Waals surface area contributed by atoms with Crippen LogP contribution in [0.3, 0.4) is 0 Å². The van der Waals surface area contributed by atoms with Gasteiger partial charge in [-0.15, -0.1) is 0 Å². The number of aromatic nitrogens is 1. The van der Waals surface area contributed by atoms with Crippen molar-refractivity contribution in [3.05, 3.63) is 36.0 Å². The molecule has 2 nitrogen and oxygen atoms in total. The highest BCUT2D eigenvalue weighted by Gasteiger charge is 2.39. The molecule has 0 spiro atoms. The smallest absolute Gasteiger partial charge is 0.356 e. The van der Waals surface area contributed by atoms with Gasteiger partial charge in [0.15, 0.2) is 0 Å². The number of pyridine rings is 1. The average molecular weight is 268 g/mol. The molecule has 0 amide bonds. The van der Waals surface area contributed by atoms with Crippen molar-refractivity contribution in [2.45, 2.75) is 19.0 Å². The van der Waals surface area contributed by atoms with Gasteiger partial charge in [0, 0.05) is 19.0 Å². The number of nitrogens with zero attached hydrogens (tertiary/aromatic N) is 2. The van der Waals surface area contributed by atoms with Crippen molar-refractivity contribution < 1.29 is 13.2 Å². The quantitative estimate of drug-likeness (QED) is 0.725. The van der Waals surface area contributed by atoms with Crippen molar-refractivity contribution in [1.29, 1.82) is 0 Å². The monoisotopic (exact) mass is 268 g/mol. The molecule has 1 aliphatic carbocycles. The van der Waals surface area contributed by atoms with Crippen LogP contribution in [0.15, 0.2) is 30.4 Å². The Kier molecular flexibility index (Phi) is 2.80. The van der Waals surface area contributed by atoms with Gasteiger partial charge in [-0.05, 0) is 30.9 Å². The second-order valence-corrected chi connectivity index (χ2v) is 5.35. The van der Waals surface area contributed by atoms with E-state index in [1.54, 1.807) is 6.07 Å². The summed E-state index contributed by atoms with van der Waals surface area (Å²) in [6.07, 6.45) is -2.23. The molecule has 102 valence electrons. The minimum absolute atomic E-state index is 0.427. The van der Waals surface area contributed by atoms with Gasteiger partial charge < -0.3 is 4.90 Å². The van der Waals surface area contributed by atoms with Crippen LogP contribution in [-0.4, -0.2) is 18.1 Å². The van der Waals surface area contributed by atoms with Crippen molar-refractivity contribution in [1.82, 2.24) is 4.98 Å². The molecular formula is C14H15F3N2. The fourth-order valence-corrected chi connectivity index (χ4v) is 3.13. The molecule has 2 heterocycles. The maximum atomic E-state index is 12.7. The fraction of sp³-hybridized carbons (Fsp3) is 0.500. The summed E-state index contributed by atoms with van der Waals surface area (Å²) >= 11 is 0. The molecule has 0 unspecified atom stereocenters. The van der Waals surface area contributed by atoms with Gasteiger partial charge in [-0.1, -0.05) is 18.2 Å². The Bertz CT molecular complexity index is 510. The molecule has 2 atom stereocenters. The van der Waals surface area contributed by atoms with Gasteiger partial charge in [0.25, 0.3) is 0 Å². The predicted molar refractivity (Wildman–Crippen MR) is 66.8 cm³/mol. The first-order valence-electron chi connectivity index (χ1n) is 6.42. The zero-order chi connectivity index (χ0) is 13.6. The molecule has 19 heavy (non-hydrogen) atoms. The van der Waals surface area contributed by atoms with Crippen molar-refractivity contribution in [2.24, 2.45) is 11.8 Å². The summed E-state index contributed by atoms with van der Waals surface area (Å²) in [6.45, 7) is 5.59. The van der Waals surface area contributed by atoms with Crippen LogP contribution in [0.4, 0.5) is 19.0 Å². The maximum absolute atomic E-state index is 12.7. The van der Waals surface area contributed by atoms with Crippen molar-refractivity contribution in [3.63, 3.8) is 0 Å². The van der Waals surface area contributed by atoms with Gasteiger partial charge in [0.1, 0.15) is 11.5 Å². The third-order valence-corrected chi connectivity index (χ3v) is 4.15. The summed E-state index contributed by atoms with van der Waals surface area (Å²) in [5, 5.41) is 0. The lowest BCUT2D eigenvalue weighted by Crippen LogP contribution is -2.23. The van der Waals surface area contributed by atoms with E-state index in [4.69, 9.17) is 0 Å². The molecule has 0 N–H and O–H groups in total. The summed E-state index contributed by atoms with van der Waals surface area (Å²) in [4.78, 5) is 5.70. The first-order chi connectivity index (χ1) is 8.95. The average Bonchev–Trinajstić information content (AvgIpc) is 2.91. The van der Waals surface area contributed by atoms with E-state index >= 15 is 0 Å². The summed E-state index contributed by atoms with van der Waals surface area (Å²) in [5.74, 6) is 1.39. The SMILES string of the molecule is C=C1CC[C@@H]2CN(c3cccc(C(F)(F)F)n3)C[C@@H]12. The summed E-state index contributed by atoms with van der Waals surface area (Å²) in [7, 11) is 0. The third kappa shape index (κ3) is 2.22. The molecule has 0 bridgehead atoms. The Hall–Kier alpha value is -1.52. The third-order valence-electron chi connectivity index (χ3n) is 4.15. The van der Waals surface area contributed by atoms with Gasteiger partial charge in [0.05, 0.1) is 0 Å². The Balaban J connectivity index is 1.83. The van der Waals surface area contributed by atoms with Crippen LogP contribution in [0.1, 0.15) is 18.5 Å². The number of rotatable bonds is 1. The van der Waals surface area contributed by atoms with Crippen molar-refractivity contribution in [3.8, 4) is 0 Å². The van der Waals surface area contributed by atoms with Gasteiger partial charge >= 0.3 is 6.18 Å². The molecule has 2 aliphatic rings. The number of anilines is 1. The van der Waals surface area contributed by atoms with Crippen LogP contribution in [0.5, 0.6) is 0 Å². The predicted octanol–water partition coefficient (Wildman–Crippen LogP) is 3.50. The van der Waals surface area contributed by atoms with Gasteiger partial charge in [-0.3, -0.25) is 0 Å². The van der Waals surface area contributed by atoms with Crippen LogP contribution >= 0.6 is 0 Å². The zero-order valence-electron chi connectivity index (χ0n) is 10.5. The van der Waals surface area contributed by atoms with E-state index in [1.807, 2.05) is 4.90 Å². The number of hydrogen-bond acceptors (Lipinski definition) is 2. The van der Waals surface area contributed by atoms with E-state index in [9.17, 15) is 13.2 Å². The Labute approximate surface area is 109 Å². The lowest BCUT2D eigenvalue weighted by atomic mass is 9.98. The molecule has 1 saturated carbocycles. The molecule has 0 radical (unpaired) electrons. The zero-order valence-corrected chi connectivity index (χ0v) is 10.5. The Morgan fingerprint density at radius 2 is 2.05 bits per heavy atom. The standard InChI is InChI=1S/C14H15F3N2/c1-9-5-6-10-7-19(8-11(9)10)13-4-2-3-12(18-13)14(15,16)17/h2-4,10-11H,1,5-8H2/t10-,11+/m1/s1. The Morgan fingerprint density at radius 3 is 2.74 bits per heavy atom. The summed E-state index contributed by atoms with van der Waals surface area (Å²) in [6, 6.07) is 4.09. The first kappa shape index (κ1) is 12.5. The van der Waals surface area contributed by atoms with Crippen LogP contribution in [0.25, 0.3) is 0 Å². The number of halogens is 3. The van der Waals surface area contributed by atoms with Crippen LogP contribution in [0.2, 0.25) is 0 Å². The minimum Gasteiger partial charge on any atom is -0.356 e. The van der Waals surface area contributed by atoms with Crippen LogP contribution in [-0.2, 0) is 6.18 Å². The molecule has 1 aromatic heterocycles. The fourth-order valence-electron chi connectivity index (χ4n) is 3.13. The van der Waals surface area contributed by atoms with Gasteiger partial charge in [0.2, 0.25) is 0 Å². The number of fused-ring (bicyclic) bond motifs is 1. The molecule has 2 fully saturated rings. The van der Waals surface area contributed by atoms with Crippen molar-refractivity contribution >= 4 is 5.82 Å². The number of alkyl halides is 3. The van der Waals surface area contributed by atoms with E-state index in [2.05, 4.69) is 11.6 Å². The van der Waals surface area contributed by atoms with Crippen molar-refractivity contribution in [2.75, 3.05) is 18.0 Å². The van der Waals surface area contributed by atoms with Gasteiger partial charge in [-0.2, -0.15) is 13.2 Å². The lowest BCUT2D eigenvalue weighted by Gasteiger charge is -2.19. The normalized spacial score (nSPS) is 26.9. The van der Waals surface area contributed by atoms with Crippen LogP contribution in [0, 0.1) is 11.8 Å². The molecule has 3 rings (SSSR count). The highest BCUT2D eigenvalue weighted by Crippen LogP contribution is 2.42. The van der Waals surface area contributed by atoms with Crippen LogP contribution < -0.4 is 4.90 Å². The largest absolute Gasteiger partial charge is 0.433 e. The molecule has 1 aliphatic heterocycles. The Morgan fingerprint density at radius 1 is 1.26 bits per heavy atom. The highest BCUT2D eigenvalue weighted by molar-refractivity contribution is 5.43. The summed E-state index contributed by atoms with van der Waals surface area (Å²) < 4.78 is 38.0. The van der Waals surface area contributed by atoms with E-state index in [0.29, 0.717) is 17.7 Å². The van der Waals surface area contributed by atoms with E-state index in [-0.39, 0.29) is 0 Å². The lowest BCUT2D eigenvalue weighted by molar-refractivity contribution is -0.141. The van der Waals surface area contributed by atoms with Gasteiger partial charge in [-0.25, -0.2) is 4.98 Å². The minimum atomic E-state index is -4.38. The maximum Gasteiger partial charge on any atom is 0.433 e. The molecule has 1 saturated heterocycles. The number of hydrogen-bond donors (Lipinski definition) is 0.